The second kappa shape index (κ2) is 6.60. The van der Waals surface area contributed by atoms with E-state index in [0.717, 1.165) is 31.2 Å². The summed E-state index contributed by atoms with van der Waals surface area (Å²) >= 11 is 0. The minimum atomic E-state index is -0.519. The Morgan fingerprint density at radius 3 is 2.69 bits per heavy atom. The van der Waals surface area contributed by atoms with E-state index in [-0.39, 0.29) is 23.5 Å². The topological polar surface area (TPSA) is 58.6 Å². The minimum absolute atomic E-state index is 0.0179. The monoisotopic (exact) mass is 358 g/mol. The van der Waals surface area contributed by atoms with Gasteiger partial charge in [0.2, 0.25) is 0 Å². The molecule has 1 N–H and O–H groups in total. The van der Waals surface area contributed by atoms with Crippen molar-refractivity contribution in [2.75, 3.05) is 13.6 Å². The van der Waals surface area contributed by atoms with Gasteiger partial charge in [-0.1, -0.05) is 13.0 Å². The number of carbonyl (C=O) groups is 2. The first kappa shape index (κ1) is 18.7. The Morgan fingerprint density at radius 1 is 1.35 bits per heavy atom. The summed E-state index contributed by atoms with van der Waals surface area (Å²) in [5, 5.41) is 2.69. The fourth-order valence-electron chi connectivity index (χ4n) is 4.57. The summed E-state index contributed by atoms with van der Waals surface area (Å²) in [6, 6.07) is 5.90. The van der Waals surface area contributed by atoms with Crippen LogP contribution in [0.1, 0.15) is 74.5 Å². The molecule has 0 aromatic heterocycles. The number of rotatable bonds is 2. The lowest BCUT2D eigenvalue weighted by Crippen LogP contribution is -2.48. The molecule has 1 saturated heterocycles. The number of nitrogens with one attached hydrogen (secondary N) is 1. The minimum Gasteiger partial charge on any atom is -0.444 e. The largest absolute Gasteiger partial charge is 0.444 e. The molecule has 0 spiro atoms. The van der Waals surface area contributed by atoms with Gasteiger partial charge in [-0.15, -0.1) is 0 Å². The maximum Gasteiger partial charge on any atom is 0.410 e. The van der Waals surface area contributed by atoms with Gasteiger partial charge >= 0.3 is 6.09 Å². The average Bonchev–Trinajstić information content (AvgIpc) is 2.93. The zero-order valence-electron chi connectivity index (χ0n) is 16.5. The Morgan fingerprint density at radius 2 is 2.08 bits per heavy atom. The molecular weight excluding hydrogens is 328 g/mol. The van der Waals surface area contributed by atoms with Crippen LogP contribution in [0.25, 0.3) is 0 Å². The van der Waals surface area contributed by atoms with Crippen LogP contribution in [0.2, 0.25) is 0 Å². The summed E-state index contributed by atoms with van der Waals surface area (Å²) in [6.45, 7) is 8.60. The molecule has 3 rings (SSSR count). The maximum atomic E-state index is 12.9. The van der Waals surface area contributed by atoms with Gasteiger partial charge in [0.1, 0.15) is 5.60 Å². The van der Waals surface area contributed by atoms with Gasteiger partial charge in [-0.2, -0.15) is 0 Å². The third kappa shape index (κ3) is 3.19. The molecule has 2 atom stereocenters. The Labute approximate surface area is 156 Å². The number of likely N-dealkylation sites (tertiary alicyclic amines) is 1. The fraction of sp³-hybridized carbons (Fsp3) is 0.619. The van der Waals surface area contributed by atoms with Gasteiger partial charge in [0.25, 0.3) is 5.91 Å². The summed E-state index contributed by atoms with van der Waals surface area (Å²) in [6.07, 6.45) is 3.79. The summed E-state index contributed by atoms with van der Waals surface area (Å²) in [5.74, 6) is -0.0959. The normalized spacial score (nSPS) is 24.7. The second-order valence-electron chi connectivity index (χ2n) is 8.57. The van der Waals surface area contributed by atoms with E-state index >= 15 is 0 Å². The van der Waals surface area contributed by atoms with Gasteiger partial charge < -0.3 is 15.0 Å². The predicted molar refractivity (Wildman–Crippen MR) is 101 cm³/mol. The van der Waals surface area contributed by atoms with Crippen molar-refractivity contribution >= 4 is 12.0 Å². The molecule has 5 heteroatoms. The lowest BCUT2D eigenvalue weighted by Gasteiger charge is -2.46. The highest BCUT2D eigenvalue weighted by Crippen LogP contribution is 2.56. The van der Waals surface area contributed by atoms with Crippen LogP contribution in [-0.2, 0) is 11.2 Å². The lowest BCUT2D eigenvalue weighted by atomic mass is 9.71. The van der Waals surface area contributed by atoms with Crippen molar-refractivity contribution in [1.82, 2.24) is 10.2 Å². The van der Waals surface area contributed by atoms with Gasteiger partial charge in [0, 0.05) is 19.2 Å². The molecule has 1 heterocycles. The van der Waals surface area contributed by atoms with Gasteiger partial charge in [0.15, 0.2) is 0 Å². The molecule has 5 nitrogen and oxygen atoms in total. The van der Waals surface area contributed by atoms with Crippen molar-refractivity contribution in [3.05, 3.63) is 34.9 Å². The molecule has 2 aliphatic rings. The van der Waals surface area contributed by atoms with Crippen molar-refractivity contribution in [3.63, 3.8) is 0 Å². The number of benzene rings is 1. The molecule has 0 bridgehead atoms. The van der Waals surface area contributed by atoms with Gasteiger partial charge in [-0.3, -0.25) is 4.79 Å². The summed E-state index contributed by atoms with van der Waals surface area (Å²) < 4.78 is 5.70. The van der Waals surface area contributed by atoms with E-state index in [2.05, 4.69) is 18.3 Å². The second-order valence-corrected chi connectivity index (χ2v) is 8.57. The zero-order chi connectivity index (χ0) is 19.1. The molecule has 1 aliphatic carbocycles. The SMILES string of the molecule is CC[C@]12CCCN(C(=O)OC(C)(C)C)[C@H]1c1cc(C(=O)NC)ccc1C2. The molecule has 2 amide bonds. The molecule has 1 aromatic rings. The van der Waals surface area contributed by atoms with E-state index in [1.165, 1.54) is 5.56 Å². The van der Waals surface area contributed by atoms with Crippen LogP contribution in [0.4, 0.5) is 4.79 Å². The summed E-state index contributed by atoms with van der Waals surface area (Å²) in [4.78, 5) is 26.9. The number of ether oxygens (including phenoxy) is 1. The first-order valence-electron chi connectivity index (χ1n) is 9.55. The quantitative estimate of drug-likeness (QED) is 0.867. The number of piperidine rings is 1. The molecule has 0 radical (unpaired) electrons. The Kier molecular flexibility index (Phi) is 4.76. The summed E-state index contributed by atoms with van der Waals surface area (Å²) in [7, 11) is 1.64. The average molecular weight is 358 g/mol. The van der Waals surface area contributed by atoms with Crippen LogP contribution >= 0.6 is 0 Å². The van der Waals surface area contributed by atoms with Crippen molar-refractivity contribution in [1.29, 1.82) is 0 Å². The van der Waals surface area contributed by atoms with Gasteiger partial charge in [0.05, 0.1) is 6.04 Å². The molecule has 26 heavy (non-hydrogen) atoms. The number of fused-ring (bicyclic) bond motifs is 3. The van der Waals surface area contributed by atoms with Crippen LogP contribution in [0.15, 0.2) is 18.2 Å². The highest BCUT2D eigenvalue weighted by Gasteiger charge is 2.51. The lowest BCUT2D eigenvalue weighted by molar-refractivity contribution is -0.0213. The van der Waals surface area contributed by atoms with E-state index in [1.54, 1.807) is 7.05 Å². The molecule has 142 valence electrons. The number of nitrogens with zero attached hydrogens (tertiary/aromatic N) is 1. The molecular formula is C21H30N2O3. The van der Waals surface area contributed by atoms with Gasteiger partial charge in [-0.25, -0.2) is 4.79 Å². The van der Waals surface area contributed by atoms with Crippen LogP contribution in [0.3, 0.4) is 0 Å². The van der Waals surface area contributed by atoms with Crippen LogP contribution < -0.4 is 5.32 Å². The van der Waals surface area contributed by atoms with Gasteiger partial charge in [-0.05, 0) is 75.1 Å². The van der Waals surface area contributed by atoms with E-state index in [1.807, 2.05) is 37.8 Å². The smallest absolute Gasteiger partial charge is 0.410 e. The van der Waals surface area contributed by atoms with E-state index < -0.39 is 5.60 Å². The highest BCUT2D eigenvalue weighted by atomic mass is 16.6. The fourth-order valence-corrected chi connectivity index (χ4v) is 4.57. The number of carbonyl (C=O) groups excluding carboxylic acids is 2. The highest BCUT2D eigenvalue weighted by molar-refractivity contribution is 5.94. The van der Waals surface area contributed by atoms with Crippen molar-refractivity contribution < 1.29 is 14.3 Å². The van der Waals surface area contributed by atoms with E-state index in [9.17, 15) is 9.59 Å². The zero-order valence-corrected chi connectivity index (χ0v) is 16.5. The Balaban J connectivity index is 2.03. The Hall–Kier alpha value is -2.04. The molecule has 1 aromatic carbocycles. The number of hydrogen-bond donors (Lipinski definition) is 1. The third-order valence-electron chi connectivity index (χ3n) is 5.77. The summed E-state index contributed by atoms with van der Waals surface area (Å²) in [5.41, 5.74) is 2.53. The first-order valence-corrected chi connectivity index (χ1v) is 9.55. The van der Waals surface area contributed by atoms with Crippen LogP contribution in [0.5, 0.6) is 0 Å². The number of hydrogen-bond acceptors (Lipinski definition) is 3. The maximum absolute atomic E-state index is 12.9. The molecule has 1 fully saturated rings. The third-order valence-corrected chi connectivity index (χ3v) is 5.77. The van der Waals surface area contributed by atoms with Crippen LogP contribution in [-0.4, -0.2) is 36.1 Å². The van der Waals surface area contributed by atoms with E-state index in [4.69, 9.17) is 4.74 Å². The number of amides is 2. The standard InChI is InChI=1S/C21H30N2O3/c1-6-21-10-7-11-23(19(25)26-20(2,3)4)17(21)16-12-14(18(24)22-5)8-9-15(16)13-21/h8-9,12,17H,6-7,10-11,13H2,1-5H3,(H,22,24)/t17-,21+/m0/s1. The Bertz CT molecular complexity index is 722. The molecule has 1 aliphatic heterocycles. The first-order chi connectivity index (χ1) is 12.2. The van der Waals surface area contributed by atoms with Crippen molar-refractivity contribution in [3.8, 4) is 0 Å². The molecule has 0 saturated carbocycles. The predicted octanol–water partition coefficient (Wildman–Crippen LogP) is 4.07. The van der Waals surface area contributed by atoms with Crippen molar-refractivity contribution in [2.45, 2.75) is 65.0 Å². The van der Waals surface area contributed by atoms with Crippen molar-refractivity contribution in [2.24, 2.45) is 5.41 Å². The molecule has 0 unspecified atom stereocenters. The van der Waals surface area contributed by atoms with Crippen LogP contribution in [0, 0.1) is 5.41 Å². The van der Waals surface area contributed by atoms with E-state index in [0.29, 0.717) is 12.1 Å².